The van der Waals surface area contributed by atoms with Crippen LogP contribution in [0.15, 0.2) is 36.2 Å². The van der Waals surface area contributed by atoms with Crippen LogP contribution < -0.4 is 4.81 Å². The second-order valence-electron chi connectivity index (χ2n) is 7.86. The highest BCUT2D eigenvalue weighted by Crippen LogP contribution is 2.22. The van der Waals surface area contributed by atoms with E-state index in [4.69, 9.17) is 0 Å². The zero-order valence-electron chi connectivity index (χ0n) is 17.6. The van der Waals surface area contributed by atoms with Gasteiger partial charge in [0.05, 0.1) is 5.56 Å². The first-order valence-corrected chi connectivity index (χ1v) is 10.4. The number of aryl methyl sites for hydroxylation is 1. The van der Waals surface area contributed by atoms with Crippen molar-refractivity contribution in [3.63, 3.8) is 0 Å². The lowest BCUT2D eigenvalue weighted by atomic mass is 9.91. The van der Waals surface area contributed by atoms with E-state index in [1.807, 2.05) is 17.9 Å². The summed E-state index contributed by atoms with van der Waals surface area (Å²) in [5.74, 6) is 1.04. The molecule has 0 bridgehead atoms. The van der Waals surface area contributed by atoms with E-state index in [1.54, 1.807) is 6.20 Å². The highest BCUT2D eigenvalue weighted by Gasteiger charge is 2.25. The molecule has 2 aliphatic heterocycles. The van der Waals surface area contributed by atoms with E-state index >= 15 is 0 Å². The molecule has 1 radical (unpaired) electrons. The van der Waals surface area contributed by atoms with E-state index < -0.39 is 0 Å². The Labute approximate surface area is 170 Å². The standard InChI is InChI=1S/C22H32BN4O/c1-5-17(2)7-8-19(4)25-11-13-26(14-12-25)22(28)20-16-24-21(15-18(20)3)27-10-6-9-23-27/h5,15-16H,4,6-14H2,1-3H3/b17-5-. The molecule has 1 aromatic heterocycles. The van der Waals surface area contributed by atoms with Crippen LogP contribution in [0.5, 0.6) is 0 Å². The number of rotatable bonds is 6. The second kappa shape index (κ2) is 9.31. The number of aromatic nitrogens is 1. The van der Waals surface area contributed by atoms with Crippen molar-refractivity contribution in [3.05, 3.63) is 47.3 Å². The minimum atomic E-state index is 0.0944. The fourth-order valence-corrected chi connectivity index (χ4v) is 3.77. The number of anilines is 1. The van der Waals surface area contributed by atoms with Gasteiger partial charge in [0.15, 0.2) is 0 Å². The Morgan fingerprint density at radius 2 is 1.93 bits per heavy atom. The minimum Gasteiger partial charge on any atom is -0.405 e. The van der Waals surface area contributed by atoms with Gasteiger partial charge in [-0.2, -0.15) is 0 Å². The Kier molecular flexibility index (Phi) is 6.81. The number of pyridine rings is 1. The van der Waals surface area contributed by atoms with Gasteiger partial charge in [-0.25, -0.2) is 4.98 Å². The summed E-state index contributed by atoms with van der Waals surface area (Å²) in [6.45, 7) is 14.7. The van der Waals surface area contributed by atoms with Gasteiger partial charge in [0, 0.05) is 44.6 Å². The van der Waals surface area contributed by atoms with E-state index in [-0.39, 0.29) is 5.91 Å². The Hall–Kier alpha value is -2.24. The van der Waals surface area contributed by atoms with Crippen LogP contribution in [-0.4, -0.2) is 60.8 Å². The van der Waals surface area contributed by atoms with E-state index in [0.717, 1.165) is 68.8 Å². The average Bonchev–Trinajstić information content (AvgIpc) is 3.26. The highest BCUT2D eigenvalue weighted by atomic mass is 16.2. The first kappa shape index (κ1) is 20.5. The third-order valence-electron chi connectivity index (χ3n) is 5.89. The zero-order chi connectivity index (χ0) is 20.1. The summed E-state index contributed by atoms with van der Waals surface area (Å²) in [4.78, 5) is 24.0. The summed E-state index contributed by atoms with van der Waals surface area (Å²) in [7, 11) is 2.19. The van der Waals surface area contributed by atoms with Gasteiger partial charge in [0.1, 0.15) is 5.82 Å². The number of carbonyl (C=O) groups is 1. The molecule has 3 heterocycles. The van der Waals surface area contributed by atoms with Crippen molar-refractivity contribution in [1.82, 2.24) is 14.8 Å². The lowest BCUT2D eigenvalue weighted by Gasteiger charge is -2.37. The largest absolute Gasteiger partial charge is 0.405 e. The average molecular weight is 379 g/mol. The highest BCUT2D eigenvalue weighted by molar-refractivity contribution is 6.42. The molecule has 28 heavy (non-hydrogen) atoms. The molecule has 0 N–H and O–H groups in total. The van der Waals surface area contributed by atoms with Crippen LogP contribution >= 0.6 is 0 Å². The molecule has 0 atom stereocenters. The van der Waals surface area contributed by atoms with Crippen LogP contribution in [0.25, 0.3) is 0 Å². The summed E-state index contributed by atoms with van der Waals surface area (Å²) in [6.07, 6.45) is 8.23. The summed E-state index contributed by atoms with van der Waals surface area (Å²) in [6, 6.07) is 2.04. The molecule has 3 rings (SSSR count). The maximum absolute atomic E-state index is 13.0. The number of piperazine rings is 1. The van der Waals surface area contributed by atoms with Gasteiger partial charge >= 0.3 is 0 Å². The normalized spacial score (nSPS) is 17.7. The van der Waals surface area contributed by atoms with Crippen molar-refractivity contribution < 1.29 is 4.79 Å². The lowest BCUT2D eigenvalue weighted by molar-refractivity contribution is 0.0666. The maximum Gasteiger partial charge on any atom is 0.255 e. The van der Waals surface area contributed by atoms with Crippen molar-refractivity contribution in [1.29, 1.82) is 0 Å². The zero-order valence-corrected chi connectivity index (χ0v) is 17.6. The fourth-order valence-electron chi connectivity index (χ4n) is 3.77. The first-order valence-electron chi connectivity index (χ1n) is 10.4. The molecular weight excluding hydrogens is 347 g/mol. The summed E-state index contributed by atoms with van der Waals surface area (Å²) >= 11 is 0. The smallest absolute Gasteiger partial charge is 0.255 e. The Morgan fingerprint density at radius 1 is 1.21 bits per heavy atom. The summed E-state index contributed by atoms with van der Waals surface area (Å²) in [5.41, 5.74) is 4.30. The van der Waals surface area contributed by atoms with Crippen molar-refractivity contribution in [3.8, 4) is 0 Å². The Morgan fingerprint density at radius 3 is 2.54 bits per heavy atom. The van der Waals surface area contributed by atoms with Gasteiger partial charge in [0.2, 0.25) is 7.41 Å². The van der Waals surface area contributed by atoms with Crippen LogP contribution in [0.1, 0.15) is 49.0 Å². The number of hydrogen-bond donors (Lipinski definition) is 0. The van der Waals surface area contributed by atoms with Crippen LogP contribution in [-0.2, 0) is 0 Å². The molecule has 0 unspecified atom stereocenters. The quantitative estimate of drug-likeness (QED) is 0.559. The third-order valence-corrected chi connectivity index (χ3v) is 5.89. The number of hydrogen-bond acceptors (Lipinski definition) is 4. The van der Waals surface area contributed by atoms with Gasteiger partial charge in [-0.05, 0) is 51.7 Å². The molecule has 0 aliphatic carbocycles. The summed E-state index contributed by atoms with van der Waals surface area (Å²) in [5, 5.41) is 0. The third kappa shape index (κ3) is 4.78. The second-order valence-corrected chi connectivity index (χ2v) is 7.86. The van der Waals surface area contributed by atoms with Crippen LogP contribution in [0.4, 0.5) is 5.82 Å². The molecule has 0 spiro atoms. The minimum absolute atomic E-state index is 0.0944. The monoisotopic (exact) mass is 379 g/mol. The molecule has 0 aromatic carbocycles. The number of amides is 1. The molecule has 2 aliphatic rings. The molecule has 2 fully saturated rings. The van der Waals surface area contributed by atoms with Crippen molar-refractivity contribution in [2.45, 2.75) is 46.4 Å². The first-order chi connectivity index (χ1) is 13.5. The predicted molar refractivity (Wildman–Crippen MR) is 117 cm³/mol. The number of nitrogens with zero attached hydrogens (tertiary/aromatic N) is 4. The van der Waals surface area contributed by atoms with E-state index in [1.165, 1.54) is 17.7 Å². The van der Waals surface area contributed by atoms with Crippen molar-refractivity contribution in [2.24, 2.45) is 0 Å². The molecule has 0 saturated carbocycles. The van der Waals surface area contributed by atoms with Crippen LogP contribution in [0, 0.1) is 6.92 Å². The molecule has 2 saturated heterocycles. The van der Waals surface area contributed by atoms with Gasteiger partial charge in [-0.15, -0.1) is 0 Å². The summed E-state index contributed by atoms with van der Waals surface area (Å²) < 4.78 is 0. The Balaban J connectivity index is 1.55. The van der Waals surface area contributed by atoms with Gasteiger partial charge in [-0.3, -0.25) is 4.79 Å². The van der Waals surface area contributed by atoms with Gasteiger partial charge in [-0.1, -0.05) is 24.5 Å². The van der Waals surface area contributed by atoms with Crippen LogP contribution in [0.2, 0.25) is 6.32 Å². The Bertz CT molecular complexity index is 747. The maximum atomic E-state index is 13.0. The number of carbonyl (C=O) groups excluding carboxylic acids is 1. The van der Waals surface area contributed by atoms with Crippen molar-refractivity contribution >= 4 is 19.1 Å². The molecule has 1 amide bonds. The molecule has 149 valence electrons. The van der Waals surface area contributed by atoms with E-state index in [0.29, 0.717) is 0 Å². The molecule has 5 nitrogen and oxygen atoms in total. The topological polar surface area (TPSA) is 39.7 Å². The predicted octanol–water partition coefficient (Wildman–Crippen LogP) is 3.66. The molecule has 1 aromatic rings. The van der Waals surface area contributed by atoms with Crippen molar-refractivity contribution in [2.75, 3.05) is 37.5 Å². The lowest BCUT2D eigenvalue weighted by Crippen LogP contribution is -2.48. The fraction of sp³-hybridized carbons (Fsp3) is 0.545. The number of allylic oxidation sites excluding steroid dienone is 3. The van der Waals surface area contributed by atoms with Gasteiger partial charge < -0.3 is 14.6 Å². The van der Waals surface area contributed by atoms with E-state index in [2.05, 4.69) is 48.6 Å². The van der Waals surface area contributed by atoms with E-state index in [9.17, 15) is 4.79 Å². The SMILES string of the molecule is C=C(CC/C(C)=C\C)N1CCN(C(=O)c2cnc(N3[B]CCC3)cc2C)CC1. The van der Waals surface area contributed by atoms with Gasteiger partial charge in [0.25, 0.3) is 5.91 Å². The van der Waals surface area contributed by atoms with Crippen LogP contribution in [0.3, 0.4) is 0 Å². The molecule has 6 heteroatoms. The molecular formula is C22H32BN4O.